The molecule has 0 radical (unpaired) electrons. The summed E-state index contributed by atoms with van der Waals surface area (Å²) >= 11 is 0. The van der Waals surface area contributed by atoms with Gasteiger partial charge in [-0.2, -0.15) is 0 Å². The van der Waals surface area contributed by atoms with E-state index in [1.807, 2.05) is 27.5 Å². The highest BCUT2D eigenvalue weighted by Gasteiger charge is 2.31. The molecule has 2 aromatic heterocycles. The molecule has 0 amide bonds. The molecular formula is C12H11N6O+. The minimum Gasteiger partial charge on any atom is -0.287 e. The van der Waals surface area contributed by atoms with Crippen molar-refractivity contribution in [3.8, 4) is 0 Å². The Balaban J connectivity index is 1.81. The summed E-state index contributed by atoms with van der Waals surface area (Å²) in [6.07, 6.45) is 10.8. The average Bonchev–Trinajstić information content (AvgIpc) is 3.08. The maximum absolute atomic E-state index is 9.80. The lowest BCUT2D eigenvalue weighted by atomic mass is 10.2. The Bertz CT molecular complexity index is 703. The number of anilines is 1. The van der Waals surface area contributed by atoms with Gasteiger partial charge in [-0.3, -0.25) is 9.77 Å². The van der Waals surface area contributed by atoms with E-state index in [9.17, 15) is 5.21 Å². The Hall–Kier alpha value is -2.54. The van der Waals surface area contributed by atoms with Crippen molar-refractivity contribution in [1.82, 2.24) is 14.5 Å². The van der Waals surface area contributed by atoms with E-state index in [-0.39, 0.29) is 0 Å². The van der Waals surface area contributed by atoms with E-state index in [1.165, 1.54) is 0 Å². The molecule has 19 heavy (non-hydrogen) atoms. The first-order valence-corrected chi connectivity index (χ1v) is 5.94. The van der Waals surface area contributed by atoms with Gasteiger partial charge in [0.1, 0.15) is 12.5 Å². The van der Waals surface area contributed by atoms with Crippen molar-refractivity contribution in [1.29, 1.82) is 0 Å². The second kappa shape index (κ2) is 3.72. The lowest BCUT2D eigenvalue weighted by molar-refractivity contribution is -0.666. The predicted molar refractivity (Wildman–Crippen MR) is 67.3 cm³/mol. The monoisotopic (exact) mass is 255 g/mol. The first-order chi connectivity index (χ1) is 9.33. The topological polar surface area (TPSA) is 70.4 Å². The fourth-order valence-corrected chi connectivity index (χ4v) is 2.33. The molecule has 0 aromatic carbocycles. The smallest absolute Gasteiger partial charge is 0.287 e. The number of aliphatic imine (C=N–C) groups is 1. The van der Waals surface area contributed by atoms with Gasteiger partial charge in [-0.15, -0.1) is 0 Å². The fraction of sp³-hybridized carbons (Fsp3) is 0.167. The third kappa shape index (κ3) is 1.48. The number of hydroxylamine groups is 1. The zero-order valence-corrected chi connectivity index (χ0v) is 10.0. The van der Waals surface area contributed by atoms with E-state index in [0.29, 0.717) is 18.9 Å². The second-order valence-electron chi connectivity index (χ2n) is 4.39. The van der Waals surface area contributed by atoms with E-state index >= 15 is 0 Å². The van der Waals surface area contributed by atoms with E-state index in [2.05, 4.69) is 15.0 Å². The maximum Gasteiger partial charge on any atom is 0.344 e. The van der Waals surface area contributed by atoms with Gasteiger partial charge in [-0.25, -0.2) is 19.6 Å². The zero-order chi connectivity index (χ0) is 12.8. The number of imidazole rings is 1. The van der Waals surface area contributed by atoms with Crippen LogP contribution in [0, 0.1) is 0 Å². The molecule has 2 aliphatic rings. The summed E-state index contributed by atoms with van der Waals surface area (Å²) in [6.45, 7) is 1.09. The molecule has 0 aliphatic carbocycles. The largest absolute Gasteiger partial charge is 0.344 e. The quantitative estimate of drug-likeness (QED) is 0.691. The predicted octanol–water partition coefficient (Wildman–Crippen LogP) is 0.380. The Morgan fingerprint density at radius 2 is 2.32 bits per heavy atom. The summed E-state index contributed by atoms with van der Waals surface area (Å²) in [5, 5.41) is 10.9. The van der Waals surface area contributed by atoms with Crippen molar-refractivity contribution >= 4 is 23.5 Å². The highest BCUT2D eigenvalue weighted by molar-refractivity contribution is 5.86. The van der Waals surface area contributed by atoms with E-state index < -0.39 is 0 Å². The van der Waals surface area contributed by atoms with E-state index in [0.717, 1.165) is 22.4 Å². The van der Waals surface area contributed by atoms with Crippen molar-refractivity contribution in [3.05, 3.63) is 36.7 Å². The van der Waals surface area contributed by atoms with Gasteiger partial charge < -0.3 is 0 Å². The van der Waals surface area contributed by atoms with Crippen molar-refractivity contribution in [2.24, 2.45) is 4.99 Å². The highest BCUT2D eigenvalue weighted by atomic mass is 16.5. The third-order valence-electron chi connectivity index (χ3n) is 3.24. The van der Waals surface area contributed by atoms with E-state index in [4.69, 9.17) is 0 Å². The van der Waals surface area contributed by atoms with Crippen molar-refractivity contribution < 1.29 is 9.77 Å². The number of hydrogen-bond acceptors (Lipinski definition) is 5. The summed E-state index contributed by atoms with van der Waals surface area (Å²) in [7, 11) is 0. The molecule has 0 fully saturated rings. The van der Waals surface area contributed by atoms with Crippen LogP contribution in [0.15, 0.2) is 36.0 Å². The van der Waals surface area contributed by atoms with Crippen molar-refractivity contribution in [2.45, 2.75) is 6.54 Å². The van der Waals surface area contributed by atoms with Crippen LogP contribution in [-0.2, 0) is 6.54 Å². The Morgan fingerprint density at radius 3 is 3.16 bits per heavy atom. The van der Waals surface area contributed by atoms with Crippen LogP contribution in [-0.4, -0.2) is 32.1 Å². The molecule has 4 heterocycles. The SMILES string of the molecule is ON1CC=Cc2c1ncc1[n+]2CC(n2ccnc2)=N1. The first kappa shape index (κ1) is 10.4. The summed E-state index contributed by atoms with van der Waals surface area (Å²) in [4.78, 5) is 12.8. The van der Waals surface area contributed by atoms with Gasteiger partial charge in [-0.1, -0.05) is 6.08 Å². The molecule has 0 saturated carbocycles. The molecule has 94 valence electrons. The standard InChI is InChI=1S/C12H11N6O/c19-18-4-1-2-9-12(18)14-6-10-15-11(7-17(9)10)16-5-3-13-8-16/h1-3,5-6,8,19H,4,7H2/q+1. The van der Waals surface area contributed by atoms with Crippen LogP contribution in [0.3, 0.4) is 0 Å². The molecule has 2 aromatic rings. The minimum atomic E-state index is 0.453. The van der Waals surface area contributed by atoms with Crippen LogP contribution in [0.1, 0.15) is 5.69 Å². The van der Waals surface area contributed by atoms with Gasteiger partial charge >= 0.3 is 5.82 Å². The second-order valence-corrected chi connectivity index (χ2v) is 4.39. The molecule has 1 N–H and O–H groups in total. The number of hydrogen-bond donors (Lipinski definition) is 1. The average molecular weight is 255 g/mol. The van der Waals surface area contributed by atoms with Crippen LogP contribution >= 0.6 is 0 Å². The first-order valence-electron chi connectivity index (χ1n) is 5.94. The van der Waals surface area contributed by atoms with Gasteiger partial charge in [0.05, 0.1) is 6.54 Å². The summed E-state index contributed by atoms with van der Waals surface area (Å²) in [5.74, 6) is 2.23. The van der Waals surface area contributed by atoms with Crippen LogP contribution < -0.4 is 9.63 Å². The Labute approximate surface area is 108 Å². The summed E-state index contributed by atoms with van der Waals surface area (Å²) in [6, 6.07) is 0. The lowest BCUT2D eigenvalue weighted by Gasteiger charge is -2.18. The number of aromatic nitrogens is 4. The number of nitrogens with zero attached hydrogens (tertiary/aromatic N) is 6. The molecule has 4 rings (SSSR count). The van der Waals surface area contributed by atoms with Crippen LogP contribution in [0.25, 0.3) is 6.08 Å². The maximum atomic E-state index is 9.80. The van der Waals surface area contributed by atoms with Crippen molar-refractivity contribution in [2.75, 3.05) is 11.6 Å². The van der Waals surface area contributed by atoms with Crippen LogP contribution in [0.2, 0.25) is 0 Å². The molecule has 0 unspecified atom stereocenters. The highest BCUT2D eigenvalue weighted by Crippen LogP contribution is 2.23. The van der Waals surface area contributed by atoms with Crippen molar-refractivity contribution in [3.63, 3.8) is 0 Å². The summed E-state index contributed by atoms with van der Waals surface area (Å²) in [5.41, 5.74) is 0.866. The van der Waals surface area contributed by atoms with Gasteiger partial charge in [-0.05, 0) is 11.1 Å². The molecule has 7 nitrogen and oxygen atoms in total. The molecule has 0 saturated heterocycles. The number of rotatable bonds is 0. The normalized spacial score (nSPS) is 16.3. The Morgan fingerprint density at radius 1 is 1.37 bits per heavy atom. The van der Waals surface area contributed by atoms with Gasteiger partial charge in [0.15, 0.2) is 12.2 Å². The van der Waals surface area contributed by atoms with Crippen LogP contribution in [0.5, 0.6) is 0 Å². The van der Waals surface area contributed by atoms with E-state index in [1.54, 1.807) is 18.7 Å². The molecule has 2 aliphatic heterocycles. The Kier molecular flexibility index (Phi) is 2.04. The van der Waals surface area contributed by atoms with Gasteiger partial charge in [0.2, 0.25) is 5.82 Å². The van der Waals surface area contributed by atoms with Gasteiger partial charge in [0, 0.05) is 12.4 Å². The number of fused-ring (bicyclic) bond motifs is 3. The fourth-order valence-electron chi connectivity index (χ4n) is 2.33. The molecule has 0 atom stereocenters. The van der Waals surface area contributed by atoms with Crippen LogP contribution in [0.4, 0.5) is 11.6 Å². The zero-order valence-electron chi connectivity index (χ0n) is 10.0. The minimum absolute atomic E-state index is 0.453. The molecule has 0 spiro atoms. The molecule has 0 bridgehead atoms. The summed E-state index contributed by atoms with van der Waals surface area (Å²) < 4.78 is 3.90. The molecule has 7 heteroatoms. The molecular weight excluding hydrogens is 244 g/mol. The third-order valence-corrected chi connectivity index (χ3v) is 3.24. The lowest BCUT2D eigenvalue weighted by Crippen LogP contribution is -2.41. The van der Waals surface area contributed by atoms with Gasteiger partial charge in [0.25, 0.3) is 5.84 Å².